The van der Waals surface area contributed by atoms with Gasteiger partial charge < -0.3 is 33.9 Å². The summed E-state index contributed by atoms with van der Waals surface area (Å²) in [6.07, 6.45) is -2.58. The summed E-state index contributed by atoms with van der Waals surface area (Å²) in [4.78, 5) is 67.2. The second-order valence-electron chi connectivity index (χ2n) is 15.2. The molecule has 5 rings (SSSR count). The maximum Gasteiger partial charge on any atom is 0.348 e. The van der Waals surface area contributed by atoms with Gasteiger partial charge in [-0.05, 0) is 55.1 Å². The van der Waals surface area contributed by atoms with E-state index in [1.165, 1.54) is 19.9 Å². The van der Waals surface area contributed by atoms with E-state index in [2.05, 4.69) is 0 Å². The number of rotatable bonds is 8. The number of esters is 5. The Kier molecular flexibility index (Phi) is 12.7. The Morgan fingerprint density at radius 2 is 1.34 bits per heavy atom. The number of fused-ring (bicyclic) bond motifs is 1. The summed E-state index contributed by atoms with van der Waals surface area (Å²) in [5.41, 5.74) is -4.82. The highest BCUT2D eigenvalue weighted by Crippen LogP contribution is 2.52. The molecule has 0 bridgehead atoms. The smallest absolute Gasteiger partial charge is 0.348 e. The monoisotopic (exact) mass is 788 g/mol. The quantitative estimate of drug-likeness (QED) is 0.149. The highest BCUT2D eigenvalue weighted by atomic mass is 32.1. The first-order valence-electron chi connectivity index (χ1n) is 18.3. The van der Waals surface area contributed by atoms with Crippen molar-refractivity contribution in [3.05, 3.63) is 118 Å². The molecule has 0 unspecified atom stereocenters. The second kappa shape index (κ2) is 16.9. The van der Waals surface area contributed by atoms with E-state index in [1.807, 2.05) is 0 Å². The number of carbonyl (C=O) groups is 5. The van der Waals surface area contributed by atoms with Gasteiger partial charge in [-0.25, -0.2) is 14.4 Å². The zero-order valence-corrected chi connectivity index (χ0v) is 33.2. The Labute approximate surface area is 330 Å². The van der Waals surface area contributed by atoms with Crippen LogP contribution >= 0.6 is 11.3 Å². The molecule has 3 aromatic rings. The van der Waals surface area contributed by atoms with Gasteiger partial charge in [-0.2, -0.15) is 0 Å². The van der Waals surface area contributed by atoms with E-state index in [0.717, 1.165) is 18.3 Å². The summed E-state index contributed by atoms with van der Waals surface area (Å²) in [6.45, 7) is 10.4. The molecule has 2 aliphatic rings. The molecule has 13 heteroatoms. The third kappa shape index (κ3) is 8.96. The zero-order chi connectivity index (χ0) is 41.0. The van der Waals surface area contributed by atoms with E-state index in [4.69, 9.17) is 23.7 Å². The molecule has 2 N–H and O–H groups in total. The lowest BCUT2D eigenvalue weighted by molar-refractivity contribution is -0.222. The van der Waals surface area contributed by atoms with Crippen LogP contribution in [0.15, 0.2) is 102 Å². The first kappa shape index (κ1) is 42.0. The average molecular weight is 789 g/mol. The van der Waals surface area contributed by atoms with Gasteiger partial charge in [0.15, 0.2) is 11.7 Å². The number of aliphatic hydroxyl groups excluding tert-OH is 1. The second-order valence-corrected chi connectivity index (χ2v) is 16.1. The van der Waals surface area contributed by atoms with Gasteiger partial charge in [-0.15, -0.1) is 11.3 Å². The van der Waals surface area contributed by atoms with Crippen molar-refractivity contribution in [2.24, 2.45) is 17.3 Å². The molecule has 2 aromatic carbocycles. The fourth-order valence-electron chi connectivity index (χ4n) is 7.49. The molecule has 0 saturated heterocycles. The van der Waals surface area contributed by atoms with E-state index in [0.29, 0.717) is 5.57 Å². The average Bonchev–Trinajstić information content (AvgIpc) is 3.77. The topological polar surface area (TPSA) is 172 Å². The zero-order valence-electron chi connectivity index (χ0n) is 32.4. The fourth-order valence-corrected chi connectivity index (χ4v) is 8.10. The first-order chi connectivity index (χ1) is 26.4. The van der Waals surface area contributed by atoms with E-state index < -0.39 is 88.8 Å². The van der Waals surface area contributed by atoms with E-state index >= 15 is 0 Å². The molecule has 0 amide bonds. The van der Waals surface area contributed by atoms with Crippen LogP contribution in [-0.4, -0.2) is 81.8 Å². The van der Waals surface area contributed by atoms with E-state index in [9.17, 15) is 34.2 Å². The Hall–Kier alpha value is -5.11. The van der Waals surface area contributed by atoms with Gasteiger partial charge in [0, 0.05) is 31.6 Å². The van der Waals surface area contributed by atoms with Gasteiger partial charge in [0.2, 0.25) is 0 Å². The number of aliphatic hydroxyl groups is 2. The molecule has 0 spiro atoms. The van der Waals surface area contributed by atoms with Crippen molar-refractivity contribution in [3.63, 3.8) is 0 Å². The van der Waals surface area contributed by atoms with Crippen molar-refractivity contribution in [1.29, 1.82) is 0 Å². The van der Waals surface area contributed by atoms with Gasteiger partial charge in [0.05, 0.1) is 17.0 Å². The molecule has 1 fully saturated rings. The van der Waals surface area contributed by atoms with Crippen LogP contribution < -0.4 is 0 Å². The molecule has 0 aliphatic heterocycles. The van der Waals surface area contributed by atoms with Gasteiger partial charge in [-0.1, -0.05) is 81.5 Å². The molecule has 0 radical (unpaired) electrons. The third-order valence-electron chi connectivity index (χ3n) is 10.5. The fraction of sp³-hybridized carbons (Fsp3) is 0.419. The van der Waals surface area contributed by atoms with E-state index in [-0.39, 0.29) is 22.4 Å². The van der Waals surface area contributed by atoms with Gasteiger partial charge in [0.1, 0.15) is 34.9 Å². The molecule has 9 atom stereocenters. The van der Waals surface area contributed by atoms with Crippen molar-refractivity contribution < 1.29 is 57.9 Å². The van der Waals surface area contributed by atoms with Crippen LogP contribution in [0.5, 0.6) is 0 Å². The minimum Gasteiger partial charge on any atom is -0.461 e. The molecule has 298 valence electrons. The number of carbonyl (C=O) groups excluding carboxylic acids is 5. The van der Waals surface area contributed by atoms with Crippen molar-refractivity contribution >= 4 is 41.2 Å². The molecule has 56 heavy (non-hydrogen) atoms. The normalized spacial score (nSPS) is 31.4. The maximum atomic E-state index is 13.8. The lowest BCUT2D eigenvalue weighted by Gasteiger charge is -2.46. The number of hydrogen-bond acceptors (Lipinski definition) is 13. The van der Waals surface area contributed by atoms with E-state index in [1.54, 1.807) is 118 Å². The maximum absolute atomic E-state index is 13.8. The number of ether oxygens (including phenoxy) is 5. The molecule has 1 heterocycles. The van der Waals surface area contributed by atoms with Gasteiger partial charge in [0.25, 0.3) is 0 Å². The summed E-state index contributed by atoms with van der Waals surface area (Å²) in [6, 6.07) is 19.6. The Bertz CT molecular complexity index is 1950. The van der Waals surface area contributed by atoms with Crippen LogP contribution in [0.3, 0.4) is 0 Å². The molecule has 1 saturated carbocycles. The lowest BCUT2D eigenvalue weighted by atomic mass is 9.72. The number of thiophene rings is 1. The highest BCUT2D eigenvalue weighted by molar-refractivity contribution is 7.11. The summed E-state index contributed by atoms with van der Waals surface area (Å²) in [5, 5.41) is 26.5. The predicted octanol–water partition coefficient (Wildman–Crippen LogP) is 6.27. The van der Waals surface area contributed by atoms with Crippen molar-refractivity contribution in [3.8, 4) is 0 Å². The molecular weight excluding hydrogens is 741 g/mol. The van der Waals surface area contributed by atoms with Gasteiger partial charge >= 0.3 is 29.8 Å². The molecule has 2 aliphatic carbocycles. The van der Waals surface area contributed by atoms with Crippen molar-refractivity contribution in [2.45, 2.75) is 96.6 Å². The summed E-state index contributed by atoms with van der Waals surface area (Å²) >= 11 is 1.11. The van der Waals surface area contributed by atoms with Crippen LogP contribution in [-0.2, 0) is 33.3 Å². The molecule has 12 nitrogen and oxygen atoms in total. The summed E-state index contributed by atoms with van der Waals surface area (Å²) < 4.78 is 30.5. The van der Waals surface area contributed by atoms with Crippen molar-refractivity contribution in [1.82, 2.24) is 0 Å². The predicted molar refractivity (Wildman–Crippen MR) is 205 cm³/mol. The SMILES string of the molecule is CC(=O)O[C@@H]1C[C@@H](OC(=O)c2ccccc2)/C(C)=C/[C@H]2[C@@H](OC(=O)c3ccccc3)[C@@H](C)[C@H](OC(=O)c3cccs3)[C@]2(OC(C)=O)[C@H](O)[C@](C)(O)/C=C/C1(C)C. The minimum absolute atomic E-state index is 0.0728. The van der Waals surface area contributed by atoms with Crippen LogP contribution in [0.4, 0.5) is 0 Å². The Morgan fingerprint density at radius 3 is 1.88 bits per heavy atom. The Morgan fingerprint density at radius 1 is 0.750 bits per heavy atom. The summed E-state index contributed by atoms with van der Waals surface area (Å²) in [7, 11) is 0. The third-order valence-corrected chi connectivity index (χ3v) is 11.3. The largest absolute Gasteiger partial charge is 0.461 e. The van der Waals surface area contributed by atoms with Gasteiger partial charge in [-0.3, -0.25) is 9.59 Å². The van der Waals surface area contributed by atoms with Crippen molar-refractivity contribution in [2.75, 3.05) is 0 Å². The minimum atomic E-state index is -2.32. The molecule has 1 aromatic heterocycles. The Balaban J connectivity index is 1.78. The number of benzene rings is 2. The first-order valence-corrected chi connectivity index (χ1v) is 19.2. The standard InChI is InChI=1S/C43H48O12S/c1-25-23-31-35(53-38(47)30-17-12-9-13-18-30)26(2)36(54-39(48)33-19-14-22-56-33)43(31,55-28(4)45)40(49)42(7,50)21-20-41(5,6)34(51-27(3)44)24-32(25)52-37(46)29-15-10-8-11-16-29/h8-23,26,31-32,34-36,40,49-50H,24H2,1-7H3/b21-20+,25-23+/t26-,31+,32-,34-,35+,36+,40-,42-,43+/m1/s1. The lowest BCUT2D eigenvalue weighted by Crippen LogP contribution is -2.65. The van der Waals surface area contributed by atoms with Crippen LogP contribution in [0.2, 0.25) is 0 Å². The van der Waals surface area contributed by atoms with Crippen LogP contribution in [0.1, 0.15) is 85.3 Å². The molecular formula is C43H48O12S. The van der Waals surface area contributed by atoms with Crippen LogP contribution in [0.25, 0.3) is 0 Å². The van der Waals surface area contributed by atoms with Crippen LogP contribution in [0, 0.1) is 17.3 Å². The summed E-state index contributed by atoms with van der Waals surface area (Å²) in [5.74, 6) is -6.06. The number of hydrogen-bond donors (Lipinski definition) is 2. The highest BCUT2D eigenvalue weighted by Gasteiger charge is 2.70.